The maximum Gasteiger partial charge on any atom is 0.256 e. The number of anilines is 1. The van der Waals surface area contributed by atoms with E-state index in [9.17, 15) is 4.79 Å². The Hall–Kier alpha value is -2.30. The van der Waals surface area contributed by atoms with E-state index in [2.05, 4.69) is 15.5 Å². The van der Waals surface area contributed by atoms with Crippen LogP contribution in [0.15, 0.2) is 36.5 Å². The van der Waals surface area contributed by atoms with Crippen molar-refractivity contribution < 1.29 is 4.79 Å². The second-order valence-corrected chi connectivity index (χ2v) is 3.37. The summed E-state index contributed by atoms with van der Waals surface area (Å²) in [6.07, 6.45) is 1.41. The van der Waals surface area contributed by atoms with Gasteiger partial charge in [-0.2, -0.15) is 5.10 Å². The molecule has 1 aromatic heterocycles. The molecule has 4 N–H and O–H groups in total. The van der Waals surface area contributed by atoms with Gasteiger partial charge in [-0.25, -0.2) is 0 Å². The van der Waals surface area contributed by atoms with Crippen LogP contribution in [-0.2, 0) is 6.54 Å². The third kappa shape index (κ3) is 2.20. The normalized spacial score (nSPS) is 10.0. The Balaban J connectivity index is 1.97. The van der Waals surface area contributed by atoms with Crippen LogP contribution >= 0.6 is 0 Å². The van der Waals surface area contributed by atoms with Crippen molar-refractivity contribution in [1.29, 1.82) is 0 Å². The van der Waals surface area contributed by atoms with Crippen LogP contribution in [-0.4, -0.2) is 16.1 Å². The van der Waals surface area contributed by atoms with Crippen molar-refractivity contribution in [3.63, 3.8) is 0 Å². The van der Waals surface area contributed by atoms with Gasteiger partial charge in [0.1, 0.15) is 11.4 Å². The minimum Gasteiger partial charge on any atom is -0.383 e. The number of carbonyl (C=O) groups is 1. The lowest BCUT2D eigenvalue weighted by Gasteiger charge is -2.03. The van der Waals surface area contributed by atoms with Gasteiger partial charge >= 0.3 is 0 Å². The molecule has 2 rings (SSSR count). The topological polar surface area (TPSA) is 83.8 Å². The lowest BCUT2D eigenvalue weighted by Crippen LogP contribution is -2.23. The van der Waals surface area contributed by atoms with Crippen molar-refractivity contribution >= 4 is 11.7 Å². The number of nitrogen functional groups attached to an aromatic ring is 1. The molecule has 82 valence electrons. The van der Waals surface area contributed by atoms with Crippen LogP contribution < -0.4 is 11.1 Å². The molecule has 1 heterocycles. The van der Waals surface area contributed by atoms with Gasteiger partial charge in [0.25, 0.3) is 5.91 Å². The zero-order chi connectivity index (χ0) is 11.4. The van der Waals surface area contributed by atoms with Crippen LogP contribution in [0.4, 0.5) is 5.82 Å². The van der Waals surface area contributed by atoms with E-state index in [4.69, 9.17) is 5.73 Å². The molecule has 1 amide bonds. The third-order valence-corrected chi connectivity index (χ3v) is 2.21. The van der Waals surface area contributed by atoms with Gasteiger partial charge in [-0.3, -0.25) is 9.89 Å². The smallest absolute Gasteiger partial charge is 0.256 e. The molecule has 1 aromatic carbocycles. The van der Waals surface area contributed by atoms with Crippen molar-refractivity contribution in [3.8, 4) is 0 Å². The standard InChI is InChI=1S/C11H12N4O/c12-10-9(7-14-15-10)11(16)13-6-8-4-2-1-3-5-8/h1-5,7H,6H2,(H,13,16)(H3,12,14,15). The van der Waals surface area contributed by atoms with Crippen molar-refractivity contribution in [3.05, 3.63) is 47.7 Å². The molecule has 5 nitrogen and oxygen atoms in total. The summed E-state index contributed by atoms with van der Waals surface area (Å²) < 4.78 is 0. The van der Waals surface area contributed by atoms with Crippen LogP contribution in [0.1, 0.15) is 15.9 Å². The molecule has 0 aliphatic rings. The Bertz CT molecular complexity index is 478. The predicted molar refractivity (Wildman–Crippen MR) is 60.6 cm³/mol. The van der Waals surface area contributed by atoms with Gasteiger partial charge in [0, 0.05) is 6.54 Å². The fourth-order valence-corrected chi connectivity index (χ4v) is 1.35. The number of nitrogens with two attached hydrogens (primary N) is 1. The summed E-state index contributed by atoms with van der Waals surface area (Å²) in [4.78, 5) is 11.6. The highest BCUT2D eigenvalue weighted by molar-refractivity contribution is 5.97. The van der Waals surface area contributed by atoms with Gasteiger partial charge in [0.05, 0.1) is 6.20 Å². The summed E-state index contributed by atoms with van der Waals surface area (Å²) in [6.45, 7) is 0.476. The first-order valence-corrected chi connectivity index (χ1v) is 4.88. The van der Waals surface area contributed by atoms with Gasteiger partial charge in [0.15, 0.2) is 0 Å². The molecule has 0 unspecified atom stereocenters. The molecule has 0 atom stereocenters. The zero-order valence-corrected chi connectivity index (χ0v) is 8.60. The first-order valence-electron chi connectivity index (χ1n) is 4.88. The molecular formula is C11H12N4O. The number of aromatic amines is 1. The van der Waals surface area contributed by atoms with E-state index in [-0.39, 0.29) is 11.7 Å². The van der Waals surface area contributed by atoms with Crippen molar-refractivity contribution in [2.75, 3.05) is 5.73 Å². The van der Waals surface area contributed by atoms with Gasteiger partial charge in [-0.1, -0.05) is 30.3 Å². The van der Waals surface area contributed by atoms with E-state index in [1.165, 1.54) is 6.20 Å². The molecule has 0 fully saturated rings. The van der Waals surface area contributed by atoms with Gasteiger partial charge < -0.3 is 11.1 Å². The van der Waals surface area contributed by atoms with Crippen molar-refractivity contribution in [1.82, 2.24) is 15.5 Å². The van der Waals surface area contributed by atoms with Crippen LogP contribution in [0.5, 0.6) is 0 Å². The number of hydrogen-bond donors (Lipinski definition) is 3. The Morgan fingerprint density at radius 2 is 2.12 bits per heavy atom. The number of hydrogen-bond acceptors (Lipinski definition) is 3. The molecule has 0 aliphatic heterocycles. The average molecular weight is 216 g/mol. The van der Waals surface area contributed by atoms with Crippen LogP contribution in [0.2, 0.25) is 0 Å². The lowest BCUT2D eigenvalue weighted by atomic mass is 10.2. The quantitative estimate of drug-likeness (QED) is 0.713. The lowest BCUT2D eigenvalue weighted by molar-refractivity contribution is 0.0952. The zero-order valence-electron chi connectivity index (χ0n) is 8.60. The molecule has 0 saturated heterocycles. The summed E-state index contributed by atoms with van der Waals surface area (Å²) in [6, 6.07) is 9.67. The van der Waals surface area contributed by atoms with Crippen LogP contribution in [0.3, 0.4) is 0 Å². The fraction of sp³-hybridized carbons (Fsp3) is 0.0909. The molecule has 0 aliphatic carbocycles. The molecule has 5 heteroatoms. The highest BCUT2D eigenvalue weighted by Crippen LogP contribution is 2.06. The highest BCUT2D eigenvalue weighted by atomic mass is 16.1. The van der Waals surface area contributed by atoms with Crippen LogP contribution in [0.25, 0.3) is 0 Å². The van der Waals surface area contributed by atoms with Crippen molar-refractivity contribution in [2.45, 2.75) is 6.54 Å². The van der Waals surface area contributed by atoms with Gasteiger partial charge in [0.2, 0.25) is 0 Å². The SMILES string of the molecule is Nc1[nH]ncc1C(=O)NCc1ccccc1. The maximum absolute atomic E-state index is 11.6. The Kier molecular flexibility index (Phi) is 2.86. The second-order valence-electron chi connectivity index (χ2n) is 3.37. The Labute approximate surface area is 92.7 Å². The van der Waals surface area contributed by atoms with E-state index in [1.54, 1.807) is 0 Å². The summed E-state index contributed by atoms with van der Waals surface area (Å²) >= 11 is 0. The molecule has 0 radical (unpaired) electrons. The van der Waals surface area contributed by atoms with E-state index >= 15 is 0 Å². The Morgan fingerprint density at radius 3 is 2.75 bits per heavy atom. The first kappa shape index (κ1) is 10.2. The summed E-state index contributed by atoms with van der Waals surface area (Å²) in [5, 5.41) is 8.96. The number of carbonyl (C=O) groups excluding carboxylic acids is 1. The number of nitrogens with zero attached hydrogens (tertiary/aromatic N) is 1. The van der Waals surface area contributed by atoms with E-state index in [0.29, 0.717) is 12.1 Å². The molecule has 0 spiro atoms. The summed E-state index contributed by atoms with van der Waals surface area (Å²) in [7, 11) is 0. The second kappa shape index (κ2) is 4.48. The molecule has 2 aromatic rings. The Morgan fingerprint density at radius 1 is 1.38 bits per heavy atom. The van der Waals surface area contributed by atoms with Crippen molar-refractivity contribution in [2.24, 2.45) is 0 Å². The maximum atomic E-state index is 11.6. The van der Waals surface area contributed by atoms with Gasteiger partial charge in [-0.05, 0) is 5.56 Å². The number of amides is 1. The summed E-state index contributed by atoms with van der Waals surface area (Å²) in [5.41, 5.74) is 6.94. The average Bonchev–Trinajstić information content (AvgIpc) is 2.74. The van der Waals surface area contributed by atoms with E-state index in [1.807, 2.05) is 30.3 Å². The number of aromatic nitrogens is 2. The first-order chi connectivity index (χ1) is 7.77. The molecule has 0 saturated carbocycles. The minimum absolute atomic E-state index is 0.227. The number of rotatable bonds is 3. The number of nitrogens with one attached hydrogen (secondary N) is 2. The van der Waals surface area contributed by atoms with E-state index < -0.39 is 0 Å². The fourth-order valence-electron chi connectivity index (χ4n) is 1.35. The predicted octanol–water partition coefficient (Wildman–Crippen LogP) is 0.922. The van der Waals surface area contributed by atoms with Gasteiger partial charge in [-0.15, -0.1) is 0 Å². The minimum atomic E-state index is -0.227. The molecule has 16 heavy (non-hydrogen) atoms. The third-order valence-electron chi connectivity index (χ3n) is 2.21. The van der Waals surface area contributed by atoms with E-state index in [0.717, 1.165) is 5.56 Å². The monoisotopic (exact) mass is 216 g/mol. The number of H-pyrrole nitrogens is 1. The number of benzene rings is 1. The summed E-state index contributed by atoms with van der Waals surface area (Å²) in [5.74, 6) is 0.0562. The highest BCUT2D eigenvalue weighted by Gasteiger charge is 2.10. The van der Waals surface area contributed by atoms with Crippen LogP contribution in [0, 0.1) is 0 Å². The molecular weight excluding hydrogens is 204 g/mol. The molecule has 0 bridgehead atoms. The largest absolute Gasteiger partial charge is 0.383 e.